The van der Waals surface area contributed by atoms with Gasteiger partial charge in [-0.25, -0.2) is 0 Å². The van der Waals surface area contributed by atoms with Gasteiger partial charge in [0.15, 0.2) is 6.61 Å². The van der Waals surface area contributed by atoms with E-state index < -0.39 is 6.04 Å². The Kier molecular flexibility index (Phi) is 8.26. The average Bonchev–Trinajstić information content (AvgIpc) is 2.64. The second-order valence-electron chi connectivity index (χ2n) is 9.29. The quantitative estimate of drug-likeness (QED) is 0.667. The first-order valence-corrected chi connectivity index (χ1v) is 10.9. The van der Waals surface area contributed by atoms with E-state index in [0.29, 0.717) is 18.7 Å². The number of aryl methyl sites for hydroxylation is 3. The molecule has 0 saturated carbocycles. The molecule has 0 aliphatic carbocycles. The van der Waals surface area contributed by atoms with Crippen LogP contribution in [0.5, 0.6) is 5.75 Å². The third-order valence-electron chi connectivity index (χ3n) is 4.88. The van der Waals surface area contributed by atoms with Gasteiger partial charge in [0.25, 0.3) is 5.91 Å². The van der Waals surface area contributed by atoms with Crippen molar-refractivity contribution in [2.75, 3.05) is 6.61 Å². The Morgan fingerprint density at radius 3 is 2.19 bits per heavy atom. The van der Waals surface area contributed by atoms with Gasteiger partial charge in [0.2, 0.25) is 5.91 Å². The lowest BCUT2D eigenvalue weighted by Gasteiger charge is -2.33. The first-order valence-electron chi connectivity index (χ1n) is 10.9. The Labute approximate surface area is 186 Å². The molecule has 31 heavy (non-hydrogen) atoms. The number of rotatable bonds is 8. The van der Waals surface area contributed by atoms with Crippen molar-refractivity contribution in [2.45, 2.75) is 73.0 Å². The SMILES string of the molecule is CC[C@@H](C(=O)NC(C)(C)C)N(Cc1cccc(C)c1)C(=O)COc1cc(C)cc(C)c1. The molecular weight excluding hydrogens is 388 g/mol. The summed E-state index contributed by atoms with van der Waals surface area (Å²) in [5, 5.41) is 3.02. The van der Waals surface area contributed by atoms with Crippen molar-refractivity contribution in [3.05, 3.63) is 64.7 Å². The molecule has 1 atom stereocenters. The van der Waals surface area contributed by atoms with Gasteiger partial charge in [0.1, 0.15) is 11.8 Å². The van der Waals surface area contributed by atoms with Crippen LogP contribution in [-0.2, 0) is 16.1 Å². The summed E-state index contributed by atoms with van der Waals surface area (Å²) in [6, 6.07) is 13.3. The molecule has 0 fully saturated rings. The van der Waals surface area contributed by atoms with Crippen LogP contribution in [-0.4, -0.2) is 34.9 Å². The fourth-order valence-corrected chi connectivity index (χ4v) is 3.62. The van der Waals surface area contributed by atoms with Crippen LogP contribution < -0.4 is 10.1 Å². The molecule has 0 spiro atoms. The molecule has 0 aliphatic rings. The monoisotopic (exact) mass is 424 g/mol. The minimum atomic E-state index is -0.574. The normalized spacial score (nSPS) is 12.2. The first kappa shape index (κ1) is 24.4. The molecule has 5 heteroatoms. The molecule has 0 bridgehead atoms. The van der Waals surface area contributed by atoms with Gasteiger partial charge >= 0.3 is 0 Å². The molecule has 0 radical (unpaired) electrons. The summed E-state index contributed by atoms with van der Waals surface area (Å²) in [5.74, 6) is 0.299. The van der Waals surface area contributed by atoms with Crippen LogP contribution in [0.1, 0.15) is 56.4 Å². The van der Waals surface area contributed by atoms with E-state index in [2.05, 4.69) is 11.4 Å². The largest absolute Gasteiger partial charge is 0.484 e. The standard InChI is InChI=1S/C26H36N2O3/c1-8-23(25(30)27-26(5,6)7)28(16-21-11-9-10-18(2)13-21)24(29)17-31-22-14-19(3)12-20(4)15-22/h9-15,23H,8,16-17H2,1-7H3,(H,27,30)/t23-/m0/s1. The predicted octanol–water partition coefficient (Wildman–Crippen LogP) is 4.71. The Morgan fingerprint density at radius 2 is 1.65 bits per heavy atom. The predicted molar refractivity (Wildman–Crippen MR) is 125 cm³/mol. The molecule has 2 amide bonds. The van der Waals surface area contributed by atoms with Crippen LogP contribution in [0.4, 0.5) is 0 Å². The lowest BCUT2D eigenvalue weighted by molar-refractivity contribution is -0.143. The summed E-state index contributed by atoms with van der Waals surface area (Å²) < 4.78 is 5.82. The van der Waals surface area contributed by atoms with E-state index in [-0.39, 0.29) is 24.0 Å². The Bertz CT molecular complexity index is 895. The molecule has 0 saturated heterocycles. The molecule has 0 aliphatic heterocycles. The lowest BCUT2D eigenvalue weighted by Crippen LogP contribution is -2.54. The third kappa shape index (κ3) is 7.74. The van der Waals surface area contributed by atoms with Gasteiger partial charge < -0.3 is 15.0 Å². The second-order valence-corrected chi connectivity index (χ2v) is 9.29. The van der Waals surface area contributed by atoms with E-state index in [1.165, 1.54) is 0 Å². The molecule has 0 heterocycles. The van der Waals surface area contributed by atoms with E-state index in [1.54, 1.807) is 4.90 Å². The van der Waals surface area contributed by atoms with Crippen molar-refractivity contribution in [1.29, 1.82) is 0 Å². The molecule has 1 N–H and O–H groups in total. The number of ether oxygens (including phenoxy) is 1. The Balaban J connectivity index is 2.26. The zero-order valence-electron chi connectivity index (χ0n) is 19.9. The number of carbonyl (C=O) groups is 2. The van der Waals surface area contributed by atoms with Crippen LogP contribution in [0.15, 0.2) is 42.5 Å². The Hall–Kier alpha value is -2.82. The average molecular weight is 425 g/mol. The highest BCUT2D eigenvalue weighted by Crippen LogP contribution is 2.18. The highest BCUT2D eigenvalue weighted by molar-refractivity contribution is 5.88. The number of hydrogen-bond acceptors (Lipinski definition) is 3. The number of carbonyl (C=O) groups excluding carboxylic acids is 2. The molecule has 5 nitrogen and oxygen atoms in total. The van der Waals surface area contributed by atoms with Gasteiger partial charge in [0, 0.05) is 12.1 Å². The minimum absolute atomic E-state index is 0.117. The van der Waals surface area contributed by atoms with Crippen molar-refractivity contribution in [2.24, 2.45) is 0 Å². The summed E-state index contributed by atoms with van der Waals surface area (Å²) in [5.41, 5.74) is 3.88. The number of benzene rings is 2. The summed E-state index contributed by atoms with van der Waals surface area (Å²) in [6.07, 6.45) is 0.517. The fraction of sp³-hybridized carbons (Fsp3) is 0.462. The number of amides is 2. The van der Waals surface area contributed by atoms with Crippen LogP contribution >= 0.6 is 0 Å². The number of hydrogen-bond donors (Lipinski definition) is 1. The van der Waals surface area contributed by atoms with E-state index in [4.69, 9.17) is 4.74 Å². The van der Waals surface area contributed by atoms with E-state index in [1.807, 2.05) is 84.9 Å². The molecule has 2 rings (SSSR count). The molecular formula is C26H36N2O3. The van der Waals surface area contributed by atoms with Gasteiger partial charge in [-0.05, 0) is 76.8 Å². The molecule has 0 aromatic heterocycles. The summed E-state index contributed by atoms with van der Waals surface area (Å²) in [4.78, 5) is 27.9. The van der Waals surface area contributed by atoms with Gasteiger partial charge in [-0.1, -0.05) is 42.8 Å². The number of nitrogens with zero attached hydrogens (tertiary/aromatic N) is 1. The van der Waals surface area contributed by atoms with E-state index in [0.717, 1.165) is 22.3 Å². The van der Waals surface area contributed by atoms with Gasteiger partial charge in [-0.2, -0.15) is 0 Å². The van der Waals surface area contributed by atoms with Gasteiger partial charge in [0.05, 0.1) is 0 Å². The van der Waals surface area contributed by atoms with Crippen molar-refractivity contribution < 1.29 is 14.3 Å². The molecule has 2 aromatic rings. The third-order valence-corrected chi connectivity index (χ3v) is 4.88. The summed E-state index contributed by atoms with van der Waals surface area (Å²) in [7, 11) is 0. The minimum Gasteiger partial charge on any atom is -0.484 e. The maximum Gasteiger partial charge on any atom is 0.261 e. The molecule has 2 aromatic carbocycles. The smallest absolute Gasteiger partial charge is 0.261 e. The molecule has 0 unspecified atom stereocenters. The summed E-state index contributed by atoms with van der Waals surface area (Å²) in [6.45, 7) is 14.0. The van der Waals surface area contributed by atoms with Crippen LogP contribution in [0.2, 0.25) is 0 Å². The fourth-order valence-electron chi connectivity index (χ4n) is 3.62. The van der Waals surface area contributed by atoms with Crippen LogP contribution in [0.25, 0.3) is 0 Å². The number of nitrogens with one attached hydrogen (secondary N) is 1. The van der Waals surface area contributed by atoms with Crippen molar-refractivity contribution in [1.82, 2.24) is 10.2 Å². The topological polar surface area (TPSA) is 58.6 Å². The van der Waals surface area contributed by atoms with E-state index >= 15 is 0 Å². The Morgan fingerprint density at radius 1 is 1.00 bits per heavy atom. The van der Waals surface area contributed by atoms with Crippen LogP contribution in [0, 0.1) is 20.8 Å². The second kappa shape index (κ2) is 10.5. The summed E-state index contributed by atoms with van der Waals surface area (Å²) >= 11 is 0. The zero-order valence-corrected chi connectivity index (χ0v) is 19.9. The maximum absolute atomic E-state index is 13.3. The van der Waals surface area contributed by atoms with Crippen molar-refractivity contribution in [3.63, 3.8) is 0 Å². The van der Waals surface area contributed by atoms with Gasteiger partial charge in [-0.3, -0.25) is 9.59 Å². The maximum atomic E-state index is 13.3. The highest BCUT2D eigenvalue weighted by Gasteiger charge is 2.30. The van der Waals surface area contributed by atoms with Crippen LogP contribution in [0.3, 0.4) is 0 Å². The van der Waals surface area contributed by atoms with Crippen molar-refractivity contribution >= 4 is 11.8 Å². The van der Waals surface area contributed by atoms with Crippen molar-refractivity contribution in [3.8, 4) is 5.75 Å². The van der Waals surface area contributed by atoms with E-state index in [9.17, 15) is 9.59 Å². The first-order chi connectivity index (χ1) is 14.5. The molecule has 168 valence electrons. The lowest BCUT2D eigenvalue weighted by atomic mass is 10.1. The van der Waals surface area contributed by atoms with Gasteiger partial charge in [-0.15, -0.1) is 0 Å². The zero-order chi connectivity index (χ0) is 23.2. The highest BCUT2D eigenvalue weighted by atomic mass is 16.5.